The van der Waals surface area contributed by atoms with E-state index >= 15 is 0 Å². The van der Waals surface area contributed by atoms with Crippen molar-refractivity contribution in [2.24, 2.45) is 4.99 Å². The number of hydrogen-bond donors (Lipinski definition) is 2. The summed E-state index contributed by atoms with van der Waals surface area (Å²) in [6.07, 6.45) is 9.26. The predicted octanol–water partition coefficient (Wildman–Crippen LogP) is 3.48. The van der Waals surface area contributed by atoms with E-state index in [0.717, 1.165) is 45.3 Å². The van der Waals surface area contributed by atoms with Crippen molar-refractivity contribution in [2.45, 2.75) is 6.04 Å². The molecule has 5 rings (SSSR count). The van der Waals surface area contributed by atoms with Gasteiger partial charge in [0.2, 0.25) is 0 Å². The fraction of sp³-hybridized carbons (Fsp3) is 0.280. The molecule has 34 heavy (non-hydrogen) atoms. The SMILES string of the molecule is CNc1ncc(-c2ccc3cnc(NC(=O)C4=CC(N5CC(N(C)C)C5)=NCC=C4)cc3c2)s1. The van der Waals surface area contributed by atoms with Crippen LogP contribution >= 0.6 is 11.3 Å². The van der Waals surface area contributed by atoms with Crippen LogP contribution in [0.5, 0.6) is 0 Å². The first-order valence-corrected chi connectivity index (χ1v) is 12.0. The molecule has 8 nitrogen and oxygen atoms in total. The highest BCUT2D eigenvalue weighted by atomic mass is 32.1. The van der Waals surface area contributed by atoms with Gasteiger partial charge in [-0.05, 0) is 43.3 Å². The second kappa shape index (κ2) is 9.36. The van der Waals surface area contributed by atoms with Crippen LogP contribution < -0.4 is 10.6 Å². The molecule has 1 saturated heterocycles. The summed E-state index contributed by atoms with van der Waals surface area (Å²) in [5, 5.41) is 8.92. The maximum atomic E-state index is 13.1. The largest absolute Gasteiger partial charge is 0.365 e. The lowest BCUT2D eigenvalue weighted by Crippen LogP contribution is -2.59. The third-order valence-electron chi connectivity index (χ3n) is 6.09. The van der Waals surface area contributed by atoms with E-state index in [1.165, 1.54) is 0 Å². The molecule has 174 valence electrons. The van der Waals surface area contributed by atoms with Crippen LogP contribution in [0.1, 0.15) is 0 Å². The summed E-state index contributed by atoms with van der Waals surface area (Å²) >= 11 is 1.60. The van der Waals surface area contributed by atoms with Gasteiger partial charge in [-0.15, -0.1) is 0 Å². The Labute approximate surface area is 202 Å². The second-order valence-corrected chi connectivity index (χ2v) is 9.62. The van der Waals surface area contributed by atoms with E-state index in [1.54, 1.807) is 17.5 Å². The quantitative estimate of drug-likeness (QED) is 0.590. The van der Waals surface area contributed by atoms with Crippen molar-refractivity contribution in [2.75, 3.05) is 51.4 Å². The molecule has 0 aliphatic carbocycles. The van der Waals surface area contributed by atoms with Crippen molar-refractivity contribution < 1.29 is 4.79 Å². The van der Waals surface area contributed by atoms with Crippen molar-refractivity contribution in [1.29, 1.82) is 0 Å². The Morgan fingerprint density at radius 2 is 2.00 bits per heavy atom. The van der Waals surface area contributed by atoms with E-state index in [1.807, 2.05) is 43.6 Å². The Hall–Kier alpha value is -3.56. The Bertz CT molecular complexity index is 1320. The molecular formula is C25H27N7OS. The van der Waals surface area contributed by atoms with E-state index < -0.39 is 0 Å². The van der Waals surface area contributed by atoms with Gasteiger partial charge in [0.05, 0.1) is 11.4 Å². The highest BCUT2D eigenvalue weighted by Crippen LogP contribution is 2.31. The van der Waals surface area contributed by atoms with E-state index in [4.69, 9.17) is 0 Å². The Balaban J connectivity index is 1.33. The molecule has 2 N–H and O–H groups in total. The van der Waals surface area contributed by atoms with Gasteiger partial charge in [-0.3, -0.25) is 9.79 Å². The first-order chi connectivity index (χ1) is 16.5. The summed E-state index contributed by atoms with van der Waals surface area (Å²) in [6.45, 7) is 2.40. The lowest BCUT2D eigenvalue weighted by Gasteiger charge is -2.44. The van der Waals surface area contributed by atoms with Crippen molar-refractivity contribution >= 4 is 44.8 Å². The number of nitrogens with one attached hydrogen (secondary N) is 2. The number of pyridine rings is 1. The summed E-state index contributed by atoms with van der Waals surface area (Å²) in [5.74, 6) is 1.18. The Morgan fingerprint density at radius 3 is 2.76 bits per heavy atom. The number of amides is 1. The van der Waals surface area contributed by atoms with Gasteiger partial charge >= 0.3 is 0 Å². The maximum absolute atomic E-state index is 13.1. The number of carbonyl (C=O) groups excluding carboxylic acids is 1. The minimum Gasteiger partial charge on any atom is -0.365 e. The van der Waals surface area contributed by atoms with Crippen LogP contribution in [0, 0.1) is 0 Å². The van der Waals surface area contributed by atoms with Gasteiger partial charge in [-0.2, -0.15) is 0 Å². The topological polar surface area (TPSA) is 85.7 Å². The zero-order chi connectivity index (χ0) is 23.7. The van der Waals surface area contributed by atoms with Gasteiger partial charge in [-0.1, -0.05) is 35.6 Å². The molecule has 1 amide bonds. The molecule has 4 heterocycles. The van der Waals surface area contributed by atoms with E-state index in [9.17, 15) is 4.79 Å². The molecule has 0 atom stereocenters. The van der Waals surface area contributed by atoms with Gasteiger partial charge in [0.25, 0.3) is 5.91 Å². The summed E-state index contributed by atoms with van der Waals surface area (Å²) < 4.78 is 0. The Kier molecular flexibility index (Phi) is 6.12. The molecule has 0 saturated carbocycles. The molecular weight excluding hydrogens is 446 g/mol. The zero-order valence-electron chi connectivity index (χ0n) is 19.4. The van der Waals surface area contributed by atoms with Crippen LogP contribution in [0.15, 0.2) is 65.5 Å². The number of amidine groups is 1. The summed E-state index contributed by atoms with van der Waals surface area (Å²) in [4.78, 5) is 32.0. The summed E-state index contributed by atoms with van der Waals surface area (Å²) in [6, 6.07) is 8.62. The summed E-state index contributed by atoms with van der Waals surface area (Å²) in [5.41, 5.74) is 1.65. The number of aromatic nitrogens is 2. The van der Waals surface area contributed by atoms with Crippen molar-refractivity contribution in [3.05, 3.63) is 60.5 Å². The number of fused-ring (bicyclic) bond motifs is 1. The first kappa shape index (κ1) is 22.2. The van der Waals surface area contributed by atoms with Crippen molar-refractivity contribution in [3.63, 3.8) is 0 Å². The van der Waals surface area contributed by atoms with Gasteiger partial charge in [0, 0.05) is 49.5 Å². The lowest BCUT2D eigenvalue weighted by molar-refractivity contribution is -0.112. The van der Waals surface area contributed by atoms with Crippen LogP contribution in [0.2, 0.25) is 0 Å². The van der Waals surface area contributed by atoms with Gasteiger partial charge in [0.15, 0.2) is 5.13 Å². The number of rotatable bonds is 5. The molecule has 2 aromatic heterocycles. The number of benzene rings is 1. The number of carbonyl (C=O) groups is 1. The molecule has 0 radical (unpaired) electrons. The summed E-state index contributed by atoms with van der Waals surface area (Å²) in [7, 11) is 6.04. The average Bonchev–Trinajstić information content (AvgIpc) is 3.15. The standard InChI is InChI=1S/C25H27N7OS/c1-26-25-29-13-21(34-25)16-6-7-18-12-28-22(10-19(18)9-16)30-24(33)17-5-4-8-27-23(11-17)32-14-20(15-32)31(2)3/h4-7,9-13,20H,8,14-15H2,1-3H3,(H,26,29)(H,28,30,33). The predicted molar refractivity (Wildman–Crippen MR) is 140 cm³/mol. The minimum absolute atomic E-state index is 0.195. The molecule has 0 unspecified atom stereocenters. The van der Waals surface area contributed by atoms with Gasteiger partial charge < -0.3 is 20.4 Å². The monoisotopic (exact) mass is 473 g/mol. The third kappa shape index (κ3) is 4.57. The number of nitrogens with zero attached hydrogens (tertiary/aromatic N) is 5. The number of aliphatic imine (C=N–C) groups is 1. The average molecular weight is 474 g/mol. The highest BCUT2D eigenvalue weighted by Gasteiger charge is 2.30. The smallest absolute Gasteiger partial charge is 0.256 e. The number of anilines is 2. The maximum Gasteiger partial charge on any atom is 0.256 e. The number of thiazole rings is 1. The Morgan fingerprint density at radius 1 is 1.15 bits per heavy atom. The van der Waals surface area contributed by atoms with Crippen LogP contribution in [-0.4, -0.2) is 78.3 Å². The minimum atomic E-state index is -0.195. The fourth-order valence-electron chi connectivity index (χ4n) is 3.93. The molecule has 0 spiro atoms. The number of likely N-dealkylation sites (N-methyl/N-ethyl adjacent to an activating group) is 1. The van der Waals surface area contributed by atoms with Gasteiger partial charge in [-0.25, -0.2) is 9.97 Å². The van der Waals surface area contributed by atoms with Crippen molar-refractivity contribution in [1.82, 2.24) is 19.8 Å². The van der Waals surface area contributed by atoms with Crippen LogP contribution in [-0.2, 0) is 4.79 Å². The van der Waals surface area contributed by atoms with E-state index in [0.29, 0.717) is 24.0 Å². The molecule has 1 fully saturated rings. The molecule has 3 aromatic rings. The third-order valence-corrected chi connectivity index (χ3v) is 7.15. The second-order valence-electron chi connectivity index (χ2n) is 8.59. The first-order valence-electron chi connectivity index (χ1n) is 11.2. The highest BCUT2D eigenvalue weighted by molar-refractivity contribution is 7.18. The molecule has 0 bridgehead atoms. The molecule has 2 aliphatic heterocycles. The molecule has 1 aromatic carbocycles. The van der Waals surface area contributed by atoms with Crippen LogP contribution in [0.4, 0.5) is 10.9 Å². The lowest BCUT2D eigenvalue weighted by atomic mass is 10.1. The number of likely N-dealkylation sites (tertiary alicyclic amines) is 1. The zero-order valence-corrected chi connectivity index (χ0v) is 20.3. The van der Waals surface area contributed by atoms with E-state index in [2.05, 4.69) is 61.6 Å². The fourth-order valence-corrected chi connectivity index (χ4v) is 4.70. The normalized spacial score (nSPS) is 16.2. The van der Waals surface area contributed by atoms with Gasteiger partial charge in [0.1, 0.15) is 11.7 Å². The van der Waals surface area contributed by atoms with E-state index in [-0.39, 0.29) is 5.91 Å². The number of hydrogen-bond acceptors (Lipinski definition) is 8. The molecule has 9 heteroatoms. The molecule has 2 aliphatic rings. The van der Waals surface area contributed by atoms with Crippen molar-refractivity contribution in [3.8, 4) is 10.4 Å². The van der Waals surface area contributed by atoms with Crippen LogP contribution in [0.25, 0.3) is 21.2 Å². The van der Waals surface area contributed by atoms with Crippen LogP contribution in [0.3, 0.4) is 0 Å².